The fourth-order valence-corrected chi connectivity index (χ4v) is 6.60. The first-order valence-electron chi connectivity index (χ1n) is 12.4. The molecule has 33 heavy (non-hydrogen) atoms. The van der Waals surface area contributed by atoms with Crippen LogP contribution in [0, 0.1) is 5.92 Å². The number of aromatic nitrogens is 3. The van der Waals surface area contributed by atoms with Crippen LogP contribution in [0.4, 0.5) is 0 Å². The van der Waals surface area contributed by atoms with Gasteiger partial charge in [0.25, 0.3) is 0 Å². The van der Waals surface area contributed by atoms with Gasteiger partial charge in [0.2, 0.25) is 10.0 Å². The van der Waals surface area contributed by atoms with Gasteiger partial charge < -0.3 is 0 Å². The molecule has 180 valence electrons. The predicted molar refractivity (Wildman–Crippen MR) is 131 cm³/mol. The van der Waals surface area contributed by atoms with Crippen molar-refractivity contribution in [2.45, 2.75) is 70.8 Å². The predicted octanol–water partition coefficient (Wildman–Crippen LogP) is 3.95. The summed E-state index contributed by atoms with van der Waals surface area (Å²) in [5.74, 6) is 2.29. The van der Waals surface area contributed by atoms with Crippen molar-refractivity contribution in [1.29, 1.82) is 0 Å². The van der Waals surface area contributed by atoms with E-state index in [0.717, 1.165) is 61.5 Å². The van der Waals surface area contributed by atoms with Crippen molar-refractivity contribution in [3.05, 3.63) is 42.0 Å². The first-order chi connectivity index (χ1) is 15.9. The van der Waals surface area contributed by atoms with E-state index in [4.69, 9.17) is 9.97 Å². The summed E-state index contributed by atoms with van der Waals surface area (Å²) in [5, 5.41) is 0. The van der Waals surface area contributed by atoms with E-state index in [9.17, 15) is 8.42 Å². The minimum absolute atomic E-state index is 0.198. The number of rotatable bonds is 10. The third-order valence-corrected chi connectivity index (χ3v) is 8.93. The van der Waals surface area contributed by atoms with Crippen molar-refractivity contribution in [2.24, 2.45) is 5.92 Å². The monoisotopic (exact) mass is 471 g/mol. The molecule has 5 rings (SSSR count). The molecule has 2 aromatic heterocycles. The van der Waals surface area contributed by atoms with Crippen LogP contribution in [-0.2, 0) is 10.0 Å². The van der Waals surface area contributed by atoms with Gasteiger partial charge in [-0.1, -0.05) is 20.8 Å². The molecule has 1 N–H and O–H groups in total. The van der Waals surface area contributed by atoms with E-state index in [1.165, 1.54) is 0 Å². The molecule has 0 radical (unpaired) electrons. The minimum atomic E-state index is -3.17. The van der Waals surface area contributed by atoms with Crippen LogP contribution in [0.15, 0.2) is 30.6 Å². The average molecular weight is 472 g/mol. The Morgan fingerprint density at radius 3 is 2.55 bits per heavy atom. The van der Waals surface area contributed by atoms with Crippen molar-refractivity contribution in [1.82, 2.24) is 24.6 Å². The Morgan fingerprint density at radius 2 is 1.91 bits per heavy atom. The first kappa shape index (κ1) is 24.2. The molecular weight excluding hydrogens is 434 g/mol. The summed E-state index contributed by atoms with van der Waals surface area (Å²) >= 11 is 0. The Bertz CT molecular complexity index is 1030. The van der Waals surface area contributed by atoms with Crippen molar-refractivity contribution in [2.75, 3.05) is 25.4 Å². The average Bonchev–Trinajstić information content (AvgIpc) is 2.84. The minimum Gasteiger partial charge on any atom is -0.298 e. The van der Waals surface area contributed by atoms with Crippen LogP contribution in [0.25, 0.3) is 11.4 Å². The van der Waals surface area contributed by atoms with Gasteiger partial charge in [0, 0.05) is 60.3 Å². The van der Waals surface area contributed by atoms with Gasteiger partial charge in [-0.15, -0.1) is 0 Å². The number of hydrogen-bond donors (Lipinski definition) is 1. The highest BCUT2D eigenvalue weighted by atomic mass is 32.2. The topological polar surface area (TPSA) is 88.1 Å². The highest BCUT2D eigenvalue weighted by Gasteiger charge is 2.41. The van der Waals surface area contributed by atoms with Crippen molar-refractivity contribution in [3.8, 4) is 11.4 Å². The lowest BCUT2D eigenvalue weighted by Crippen LogP contribution is -2.56. The Balaban J connectivity index is 1.57. The Hall–Kier alpha value is -1.90. The van der Waals surface area contributed by atoms with E-state index in [-0.39, 0.29) is 11.8 Å². The molecule has 7 nitrogen and oxygen atoms in total. The summed E-state index contributed by atoms with van der Waals surface area (Å²) in [6.45, 7) is 8.81. The Kier molecular flexibility index (Phi) is 7.76. The van der Waals surface area contributed by atoms with Crippen molar-refractivity contribution in [3.63, 3.8) is 0 Å². The number of nitrogens with zero attached hydrogens (tertiary/aromatic N) is 4. The molecule has 3 aliphatic heterocycles. The molecule has 0 aromatic carbocycles. The van der Waals surface area contributed by atoms with Crippen LogP contribution in [0.3, 0.4) is 0 Å². The lowest BCUT2D eigenvalue weighted by molar-refractivity contribution is 0.0317. The summed E-state index contributed by atoms with van der Waals surface area (Å²) in [4.78, 5) is 16.6. The van der Waals surface area contributed by atoms with Gasteiger partial charge in [-0.3, -0.25) is 9.88 Å². The molecular formula is C25H37N5O2S. The molecule has 0 amide bonds. The van der Waals surface area contributed by atoms with Crippen LogP contribution >= 0.6 is 0 Å². The maximum Gasteiger partial charge on any atom is 0.211 e. The van der Waals surface area contributed by atoms with Crippen LogP contribution in [0.2, 0.25) is 0 Å². The van der Waals surface area contributed by atoms with Crippen LogP contribution < -0.4 is 4.72 Å². The third-order valence-electron chi connectivity index (χ3n) is 7.38. The normalized spacial score (nSPS) is 25.0. The fourth-order valence-electron chi connectivity index (χ4n) is 5.47. The lowest BCUT2D eigenvalue weighted by atomic mass is 9.74. The Labute approximate surface area is 198 Å². The van der Waals surface area contributed by atoms with Gasteiger partial charge in [-0.05, 0) is 62.8 Å². The molecule has 0 spiro atoms. The molecule has 0 aliphatic carbocycles. The number of pyridine rings is 1. The second-order valence-corrected chi connectivity index (χ2v) is 11.4. The molecule has 4 atom stereocenters. The van der Waals surface area contributed by atoms with E-state index in [2.05, 4.69) is 34.5 Å². The zero-order valence-electron chi connectivity index (χ0n) is 20.1. The molecule has 3 aliphatic rings. The smallest absolute Gasteiger partial charge is 0.211 e. The number of sulfonamides is 1. The van der Waals surface area contributed by atoms with Gasteiger partial charge in [0.1, 0.15) is 0 Å². The molecule has 0 saturated carbocycles. The number of fused-ring (bicyclic) bond motifs is 3. The highest BCUT2D eigenvalue weighted by Crippen LogP contribution is 2.42. The van der Waals surface area contributed by atoms with Crippen molar-refractivity contribution >= 4 is 10.0 Å². The summed E-state index contributed by atoms with van der Waals surface area (Å²) in [6, 6.07) is 6.47. The molecule has 2 bridgehead atoms. The first-order valence-corrected chi connectivity index (χ1v) is 14.1. The fraction of sp³-hybridized carbons (Fsp3) is 0.640. The lowest BCUT2D eigenvalue weighted by Gasteiger charge is -2.49. The van der Waals surface area contributed by atoms with Crippen LogP contribution in [0.5, 0.6) is 0 Å². The van der Waals surface area contributed by atoms with Gasteiger partial charge in [0.05, 0.1) is 5.75 Å². The second-order valence-electron chi connectivity index (χ2n) is 9.50. The molecule has 5 heterocycles. The molecule has 3 saturated heterocycles. The zero-order valence-corrected chi connectivity index (χ0v) is 20.9. The largest absolute Gasteiger partial charge is 0.298 e. The summed E-state index contributed by atoms with van der Waals surface area (Å²) in [7, 11) is -3.17. The van der Waals surface area contributed by atoms with Crippen molar-refractivity contribution < 1.29 is 8.42 Å². The quantitative estimate of drug-likeness (QED) is 0.564. The van der Waals surface area contributed by atoms with E-state index < -0.39 is 10.0 Å². The maximum absolute atomic E-state index is 12.1. The molecule has 2 aromatic rings. The Morgan fingerprint density at radius 1 is 1.15 bits per heavy atom. The van der Waals surface area contributed by atoms with Gasteiger partial charge in [0.15, 0.2) is 5.82 Å². The van der Waals surface area contributed by atoms with Gasteiger partial charge in [-0.25, -0.2) is 23.1 Å². The summed E-state index contributed by atoms with van der Waals surface area (Å²) in [5.41, 5.74) is 3.28. The van der Waals surface area contributed by atoms with Crippen LogP contribution in [-0.4, -0.2) is 59.7 Å². The third kappa shape index (κ3) is 5.61. The maximum atomic E-state index is 12.1. The number of nitrogens with one attached hydrogen (secondary N) is 1. The van der Waals surface area contributed by atoms with E-state index in [0.29, 0.717) is 30.7 Å². The number of piperidine rings is 3. The SMILES string of the molecule is CCCS(=O)(=O)NC[C@H]1C[C@@H]2CCN1C[C@@H]2c1cc(C(CC)CC)nc(-c2ccncc2)n1. The zero-order chi connectivity index (χ0) is 23.4. The molecule has 8 heteroatoms. The van der Waals surface area contributed by atoms with E-state index in [1.54, 1.807) is 12.4 Å². The molecule has 3 fully saturated rings. The van der Waals surface area contributed by atoms with Gasteiger partial charge in [-0.2, -0.15) is 0 Å². The number of hydrogen-bond acceptors (Lipinski definition) is 6. The van der Waals surface area contributed by atoms with E-state index >= 15 is 0 Å². The second kappa shape index (κ2) is 10.6. The van der Waals surface area contributed by atoms with Gasteiger partial charge >= 0.3 is 0 Å². The van der Waals surface area contributed by atoms with Crippen LogP contribution in [0.1, 0.15) is 76.1 Å². The standard InChI is InChI=1S/C25H37N5O2S/c1-4-13-33(31,32)27-16-21-14-20-9-12-30(21)17-22(20)24-15-23(18(5-2)6-3)28-25(29-24)19-7-10-26-11-8-19/h7-8,10-11,15,18,20-22,27H,4-6,9,12-14,16-17H2,1-3H3/t20-,21+,22-/m0/s1. The summed E-state index contributed by atoms with van der Waals surface area (Å²) in [6.07, 6.45) is 8.49. The highest BCUT2D eigenvalue weighted by molar-refractivity contribution is 7.89. The van der Waals surface area contributed by atoms with E-state index in [1.807, 2.05) is 19.1 Å². The molecule has 1 unspecified atom stereocenters. The summed E-state index contributed by atoms with van der Waals surface area (Å²) < 4.78 is 27.1.